The van der Waals surface area contributed by atoms with Gasteiger partial charge in [-0.1, -0.05) is 35.9 Å². The van der Waals surface area contributed by atoms with Gasteiger partial charge in [-0.25, -0.2) is 4.31 Å². The quantitative estimate of drug-likeness (QED) is 0.432. The van der Waals surface area contributed by atoms with E-state index in [2.05, 4.69) is 47.2 Å². The summed E-state index contributed by atoms with van der Waals surface area (Å²) < 4.78 is 2.31. The normalized spacial score (nSPS) is 22.8. The van der Waals surface area contributed by atoms with Crippen LogP contribution in [0.15, 0.2) is 24.3 Å². The Bertz CT molecular complexity index is 301. The van der Waals surface area contributed by atoms with E-state index in [0.717, 1.165) is 13.0 Å². The summed E-state index contributed by atoms with van der Waals surface area (Å²) in [5, 5.41) is 0. The monoisotopic (exact) mass is 211 g/mol. The van der Waals surface area contributed by atoms with Gasteiger partial charge in [-0.3, -0.25) is 0 Å². The number of hydrogen-bond acceptors (Lipinski definition) is 3. The lowest BCUT2D eigenvalue weighted by Gasteiger charge is -2.32. The fourth-order valence-electron chi connectivity index (χ4n) is 1.86. The van der Waals surface area contributed by atoms with Gasteiger partial charge < -0.3 is 0 Å². The summed E-state index contributed by atoms with van der Waals surface area (Å²) in [6.07, 6.45) is 1.15. The molecule has 1 aliphatic heterocycles. The molecule has 0 aromatic heterocycles. The van der Waals surface area contributed by atoms with Crippen molar-refractivity contribution >= 4 is 22.6 Å². The van der Waals surface area contributed by atoms with Gasteiger partial charge in [-0.15, -0.1) is 0 Å². The molecule has 1 atom stereocenters. The van der Waals surface area contributed by atoms with Crippen LogP contribution in [0.5, 0.6) is 0 Å². The van der Waals surface area contributed by atoms with Crippen molar-refractivity contribution in [3.8, 4) is 0 Å². The molecule has 1 aromatic carbocycles. The van der Waals surface area contributed by atoms with E-state index < -0.39 is 0 Å². The molecule has 0 aliphatic carbocycles. The van der Waals surface area contributed by atoms with Crippen LogP contribution in [0.4, 0.5) is 0 Å². The van der Waals surface area contributed by atoms with Gasteiger partial charge in [0.2, 0.25) is 0 Å². The summed E-state index contributed by atoms with van der Waals surface area (Å²) >= 11 is 4.26. The zero-order valence-corrected chi connectivity index (χ0v) is 9.31. The van der Waals surface area contributed by atoms with E-state index in [1.165, 1.54) is 11.1 Å². The summed E-state index contributed by atoms with van der Waals surface area (Å²) in [6.45, 7) is 3.34. The second-order valence-electron chi connectivity index (χ2n) is 3.35. The molecule has 1 heterocycles. The highest BCUT2D eigenvalue weighted by Gasteiger charge is 2.22. The molecule has 0 bridgehead atoms. The maximum absolute atomic E-state index is 4.26. The Labute approximate surface area is 88.5 Å². The zero-order valence-electron chi connectivity index (χ0n) is 7.60. The molecule has 1 aliphatic rings. The Morgan fingerprint density at radius 1 is 1.46 bits per heavy atom. The lowest BCUT2D eigenvalue weighted by atomic mass is 9.96. The van der Waals surface area contributed by atoms with Crippen LogP contribution in [0.25, 0.3) is 0 Å². The molecule has 0 spiro atoms. The fraction of sp³-hybridized carbons (Fsp3) is 0.400. The first kappa shape index (κ1) is 9.44. The first-order chi connectivity index (χ1) is 6.33. The van der Waals surface area contributed by atoms with Crippen LogP contribution in [-0.4, -0.2) is 10.8 Å². The molecule has 1 nitrogen and oxygen atoms in total. The average molecular weight is 211 g/mol. The third-order valence-electron chi connectivity index (χ3n) is 2.64. The van der Waals surface area contributed by atoms with Gasteiger partial charge in [-0.2, -0.15) is 0 Å². The van der Waals surface area contributed by atoms with Gasteiger partial charge in [0.25, 0.3) is 0 Å². The van der Waals surface area contributed by atoms with Crippen molar-refractivity contribution in [3.63, 3.8) is 0 Å². The molecular weight excluding hydrogens is 198 g/mol. The average Bonchev–Trinajstić information content (AvgIpc) is 2.19. The fourth-order valence-corrected chi connectivity index (χ4v) is 2.96. The Morgan fingerprint density at radius 3 is 3.00 bits per heavy atom. The molecule has 0 fully saturated rings. The molecule has 70 valence electrons. The van der Waals surface area contributed by atoms with Crippen LogP contribution in [0.2, 0.25) is 0 Å². The van der Waals surface area contributed by atoms with E-state index in [1.807, 2.05) is 0 Å². The van der Waals surface area contributed by atoms with Gasteiger partial charge in [0.05, 0.1) is 0 Å². The summed E-state index contributed by atoms with van der Waals surface area (Å²) in [5.74, 6) is 0. The second-order valence-corrected chi connectivity index (χ2v) is 4.47. The van der Waals surface area contributed by atoms with Crippen LogP contribution in [0.3, 0.4) is 0 Å². The highest BCUT2D eigenvalue weighted by atomic mass is 33.1. The minimum atomic E-state index is 0.493. The molecule has 0 N–H and O–H groups in total. The molecule has 1 aromatic rings. The van der Waals surface area contributed by atoms with Gasteiger partial charge in [0.1, 0.15) is 0 Å². The Hall–Kier alpha value is -0.120. The molecule has 0 amide bonds. The smallest absolute Gasteiger partial charge is 0.0434 e. The van der Waals surface area contributed by atoms with Crippen LogP contribution in [0, 0.1) is 0 Å². The highest BCUT2D eigenvalue weighted by Crippen LogP contribution is 2.34. The number of rotatable bonds is 1. The standard InChI is InChI=1S/C10H13NS2/c1-8-10-5-3-2-4-9(10)6-7-11(8)13-12/h2-5,8,12H,6-7H2,1H3. The minimum absolute atomic E-state index is 0.493. The lowest BCUT2D eigenvalue weighted by molar-refractivity contribution is 0.366. The van der Waals surface area contributed by atoms with Crippen LogP contribution in [-0.2, 0) is 6.42 Å². The van der Waals surface area contributed by atoms with Crippen LogP contribution >= 0.6 is 22.6 Å². The summed E-state index contributed by atoms with van der Waals surface area (Å²) in [6, 6.07) is 9.17. The van der Waals surface area contributed by atoms with E-state index >= 15 is 0 Å². The van der Waals surface area contributed by atoms with Crippen molar-refractivity contribution < 1.29 is 0 Å². The second kappa shape index (κ2) is 3.95. The van der Waals surface area contributed by atoms with E-state index in [4.69, 9.17) is 0 Å². The van der Waals surface area contributed by atoms with E-state index in [0.29, 0.717) is 6.04 Å². The molecule has 0 radical (unpaired) electrons. The molecule has 1 unspecified atom stereocenters. The maximum atomic E-state index is 4.26. The first-order valence-electron chi connectivity index (χ1n) is 4.49. The van der Waals surface area contributed by atoms with Gasteiger partial charge in [0, 0.05) is 12.6 Å². The molecule has 2 rings (SSSR count). The molecular formula is C10H13NS2. The lowest BCUT2D eigenvalue weighted by Crippen LogP contribution is -2.27. The van der Waals surface area contributed by atoms with Crippen molar-refractivity contribution in [2.24, 2.45) is 0 Å². The molecule has 0 saturated heterocycles. The van der Waals surface area contributed by atoms with Gasteiger partial charge in [0.15, 0.2) is 0 Å². The van der Waals surface area contributed by atoms with Crippen molar-refractivity contribution in [1.82, 2.24) is 4.31 Å². The third-order valence-corrected chi connectivity index (χ3v) is 3.98. The largest absolute Gasteiger partial charge is 0.234 e. The van der Waals surface area contributed by atoms with Crippen molar-refractivity contribution in [2.45, 2.75) is 19.4 Å². The number of benzene rings is 1. The maximum Gasteiger partial charge on any atom is 0.0434 e. The Morgan fingerprint density at radius 2 is 2.23 bits per heavy atom. The van der Waals surface area contributed by atoms with Crippen molar-refractivity contribution in [3.05, 3.63) is 35.4 Å². The van der Waals surface area contributed by atoms with E-state index in [9.17, 15) is 0 Å². The highest BCUT2D eigenvalue weighted by molar-refractivity contribution is 8.67. The molecule has 3 heteroatoms. The van der Waals surface area contributed by atoms with Gasteiger partial charge in [-0.05, 0) is 35.5 Å². The molecule has 13 heavy (non-hydrogen) atoms. The predicted molar refractivity (Wildman–Crippen MR) is 61.8 cm³/mol. The topological polar surface area (TPSA) is 3.24 Å². The predicted octanol–water partition coefficient (Wildman–Crippen LogP) is 3.10. The first-order valence-corrected chi connectivity index (χ1v) is 6.31. The van der Waals surface area contributed by atoms with E-state index in [1.54, 1.807) is 11.0 Å². The van der Waals surface area contributed by atoms with Crippen LogP contribution < -0.4 is 0 Å². The summed E-state index contributed by atoms with van der Waals surface area (Å²) in [5.41, 5.74) is 2.95. The number of nitrogens with zero attached hydrogens (tertiary/aromatic N) is 1. The third kappa shape index (κ3) is 1.73. The van der Waals surface area contributed by atoms with Crippen molar-refractivity contribution in [1.29, 1.82) is 0 Å². The zero-order chi connectivity index (χ0) is 9.26. The summed E-state index contributed by atoms with van der Waals surface area (Å²) in [7, 11) is 1.55. The summed E-state index contributed by atoms with van der Waals surface area (Å²) in [4.78, 5) is 0. The number of thiol groups is 1. The van der Waals surface area contributed by atoms with E-state index in [-0.39, 0.29) is 0 Å². The van der Waals surface area contributed by atoms with Crippen LogP contribution in [0.1, 0.15) is 24.1 Å². The molecule has 0 saturated carbocycles. The number of hydrogen-bond donors (Lipinski definition) is 1. The Balaban J connectivity index is 2.33. The SMILES string of the molecule is CC1c2ccccc2CCN1SS. The number of fused-ring (bicyclic) bond motifs is 1. The van der Waals surface area contributed by atoms with Crippen molar-refractivity contribution in [2.75, 3.05) is 6.54 Å². The Kier molecular flexibility index (Phi) is 2.86. The van der Waals surface area contributed by atoms with Gasteiger partial charge >= 0.3 is 0 Å². The minimum Gasteiger partial charge on any atom is -0.234 e.